The predicted octanol–water partition coefficient (Wildman–Crippen LogP) is 3.93. The van der Waals surface area contributed by atoms with Crippen LogP contribution in [0.25, 0.3) is 0 Å². The largest absolute Gasteiger partial charge is 0.371 e. The van der Waals surface area contributed by atoms with Gasteiger partial charge in [0, 0.05) is 18.8 Å². The van der Waals surface area contributed by atoms with E-state index in [0.29, 0.717) is 5.69 Å². The number of hydrogen-bond donors (Lipinski definition) is 1. The Morgan fingerprint density at radius 2 is 1.75 bits per heavy atom. The third-order valence-corrected chi connectivity index (χ3v) is 5.69. The molecule has 1 saturated heterocycles. The second kappa shape index (κ2) is 7.26. The number of hydrogen-bond acceptors (Lipinski definition) is 3. The van der Waals surface area contributed by atoms with Crippen molar-refractivity contribution in [3.63, 3.8) is 0 Å². The maximum absolute atomic E-state index is 12.5. The third kappa shape index (κ3) is 4.29. The number of nitrogens with one attached hydrogen (secondary N) is 1. The Kier molecular flexibility index (Phi) is 5.09. The van der Waals surface area contributed by atoms with Gasteiger partial charge in [-0.1, -0.05) is 30.3 Å². The van der Waals surface area contributed by atoms with E-state index < -0.39 is 10.0 Å². The Labute approximate surface area is 144 Å². The lowest BCUT2D eigenvalue weighted by atomic mass is 10.1. The molecule has 2 aromatic carbocycles. The van der Waals surface area contributed by atoms with Gasteiger partial charge in [-0.3, -0.25) is 4.72 Å². The van der Waals surface area contributed by atoms with E-state index in [4.69, 9.17) is 0 Å². The Bertz CT molecular complexity index is 797. The third-order valence-electron chi connectivity index (χ3n) is 4.45. The van der Waals surface area contributed by atoms with E-state index in [9.17, 15) is 8.42 Å². The summed E-state index contributed by atoms with van der Waals surface area (Å²) >= 11 is 0. The van der Waals surface area contributed by atoms with Crippen LogP contribution in [0, 0.1) is 6.92 Å². The van der Waals surface area contributed by atoms with E-state index in [0.717, 1.165) is 29.9 Å². The summed E-state index contributed by atoms with van der Waals surface area (Å²) in [5.74, 6) is -0.00633. The summed E-state index contributed by atoms with van der Waals surface area (Å²) in [5.41, 5.74) is 3.54. The van der Waals surface area contributed by atoms with Crippen LogP contribution in [0.3, 0.4) is 0 Å². The molecule has 0 bridgehead atoms. The number of sulfonamides is 1. The topological polar surface area (TPSA) is 49.4 Å². The zero-order valence-electron chi connectivity index (χ0n) is 14.0. The van der Waals surface area contributed by atoms with Gasteiger partial charge in [-0.25, -0.2) is 8.42 Å². The van der Waals surface area contributed by atoms with Crippen molar-refractivity contribution in [2.45, 2.75) is 31.9 Å². The standard InChI is InChI=1S/C19H24N2O2S/c1-16-8-3-4-9-17(16)15-24(22,23)20-18-10-7-11-19(14-18)21-12-5-2-6-13-21/h3-4,7-11,14,20H,2,5-6,12-13,15H2,1H3. The zero-order chi connectivity index (χ0) is 17.0. The maximum atomic E-state index is 12.5. The lowest BCUT2D eigenvalue weighted by molar-refractivity contribution is 0.578. The number of benzene rings is 2. The molecule has 1 N–H and O–H groups in total. The van der Waals surface area contributed by atoms with Gasteiger partial charge in [0.25, 0.3) is 0 Å². The van der Waals surface area contributed by atoms with E-state index in [2.05, 4.69) is 9.62 Å². The second-order valence-corrected chi connectivity index (χ2v) is 8.11. The Morgan fingerprint density at radius 3 is 2.50 bits per heavy atom. The van der Waals surface area contributed by atoms with Gasteiger partial charge in [-0.05, 0) is 55.5 Å². The molecule has 4 nitrogen and oxygen atoms in total. The summed E-state index contributed by atoms with van der Waals surface area (Å²) < 4.78 is 27.7. The fourth-order valence-corrected chi connectivity index (χ4v) is 4.40. The van der Waals surface area contributed by atoms with Gasteiger partial charge >= 0.3 is 0 Å². The molecule has 0 saturated carbocycles. The van der Waals surface area contributed by atoms with Crippen molar-refractivity contribution in [2.24, 2.45) is 0 Å². The summed E-state index contributed by atoms with van der Waals surface area (Å²) in [5, 5.41) is 0. The monoisotopic (exact) mass is 344 g/mol. The van der Waals surface area contributed by atoms with Crippen LogP contribution in [0.5, 0.6) is 0 Å². The molecule has 0 aliphatic carbocycles. The minimum atomic E-state index is -3.43. The SMILES string of the molecule is Cc1ccccc1CS(=O)(=O)Nc1cccc(N2CCCCC2)c1. The first-order chi connectivity index (χ1) is 11.5. The van der Waals surface area contributed by atoms with Crippen LogP contribution >= 0.6 is 0 Å². The summed E-state index contributed by atoms with van der Waals surface area (Å²) in [7, 11) is -3.43. The number of nitrogens with zero attached hydrogens (tertiary/aromatic N) is 1. The summed E-state index contributed by atoms with van der Waals surface area (Å²) in [6, 6.07) is 15.3. The molecular weight excluding hydrogens is 320 g/mol. The maximum Gasteiger partial charge on any atom is 0.236 e. The van der Waals surface area contributed by atoms with Crippen LogP contribution in [0.15, 0.2) is 48.5 Å². The Hall–Kier alpha value is -2.01. The fourth-order valence-electron chi connectivity index (χ4n) is 3.11. The fraction of sp³-hybridized carbons (Fsp3) is 0.368. The molecule has 3 rings (SSSR count). The molecule has 1 aliphatic rings. The van der Waals surface area contributed by atoms with Gasteiger partial charge in [0.2, 0.25) is 10.0 Å². The molecule has 1 fully saturated rings. The Balaban J connectivity index is 1.74. The van der Waals surface area contributed by atoms with E-state index in [1.807, 2.05) is 55.5 Å². The molecule has 0 atom stereocenters. The number of aryl methyl sites for hydroxylation is 1. The first kappa shape index (κ1) is 16.8. The molecule has 5 heteroatoms. The quantitative estimate of drug-likeness (QED) is 0.894. The van der Waals surface area contributed by atoms with Crippen molar-refractivity contribution >= 4 is 21.4 Å². The number of piperidine rings is 1. The van der Waals surface area contributed by atoms with Crippen molar-refractivity contribution in [1.29, 1.82) is 0 Å². The minimum Gasteiger partial charge on any atom is -0.371 e. The van der Waals surface area contributed by atoms with E-state index in [-0.39, 0.29) is 5.75 Å². The van der Waals surface area contributed by atoms with Gasteiger partial charge < -0.3 is 4.90 Å². The first-order valence-electron chi connectivity index (χ1n) is 8.43. The van der Waals surface area contributed by atoms with Gasteiger partial charge in [-0.15, -0.1) is 0 Å². The molecule has 0 radical (unpaired) electrons. The lowest BCUT2D eigenvalue weighted by Crippen LogP contribution is -2.29. The van der Waals surface area contributed by atoms with Crippen LogP contribution < -0.4 is 9.62 Å². The van der Waals surface area contributed by atoms with E-state index >= 15 is 0 Å². The number of anilines is 2. The van der Waals surface area contributed by atoms with E-state index in [1.54, 1.807) is 0 Å². The van der Waals surface area contributed by atoms with Crippen molar-refractivity contribution in [3.8, 4) is 0 Å². The average molecular weight is 344 g/mol. The molecular formula is C19H24N2O2S. The lowest BCUT2D eigenvalue weighted by Gasteiger charge is -2.29. The molecule has 0 unspecified atom stereocenters. The molecule has 2 aromatic rings. The normalized spacial score (nSPS) is 15.3. The van der Waals surface area contributed by atoms with Crippen LogP contribution in [0.4, 0.5) is 11.4 Å². The Morgan fingerprint density at radius 1 is 1.00 bits per heavy atom. The predicted molar refractivity (Wildman–Crippen MR) is 99.9 cm³/mol. The molecule has 0 aromatic heterocycles. The molecule has 0 spiro atoms. The zero-order valence-corrected chi connectivity index (χ0v) is 14.8. The van der Waals surface area contributed by atoms with Crippen LogP contribution in [0.2, 0.25) is 0 Å². The minimum absolute atomic E-state index is 0.00633. The highest BCUT2D eigenvalue weighted by atomic mass is 32.2. The van der Waals surface area contributed by atoms with Gasteiger partial charge in [-0.2, -0.15) is 0 Å². The summed E-state index contributed by atoms with van der Waals surface area (Å²) in [6.07, 6.45) is 3.67. The summed E-state index contributed by atoms with van der Waals surface area (Å²) in [4.78, 5) is 2.32. The van der Waals surface area contributed by atoms with Crippen LogP contribution in [-0.2, 0) is 15.8 Å². The van der Waals surface area contributed by atoms with Crippen LogP contribution in [0.1, 0.15) is 30.4 Å². The second-order valence-electron chi connectivity index (χ2n) is 6.39. The molecule has 128 valence electrons. The van der Waals surface area contributed by atoms with Crippen molar-refractivity contribution < 1.29 is 8.42 Å². The summed E-state index contributed by atoms with van der Waals surface area (Å²) in [6.45, 7) is 4.01. The smallest absolute Gasteiger partial charge is 0.236 e. The number of rotatable bonds is 5. The molecule has 0 amide bonds. The van der Waals surface area contributed by atoms with Gasteiger partial charge in [0.05, 0.1) is 11.4 Å². The van der Waals surface area contributed by atoms with Crippen molar-refractivity contribution in [3.05, 3.63) is 59.7 Å². The van der Waals surface area contributed by atoms with Crippen molar-refractivity contribution in [1.82, 2.24) is 0 Å². The highest BCUT2D eigenvalue weighted by Crippen LogP contribution is 2.24. The van der Waals surface area contributed by atoms with Gasteiger partial charge in [0.1, 0.15) is 0 Å². The first-order valence-corrected chi connectivity index (χ1v) is 10.1. The highest BCUT2D eigenvalue weighted by molar-refractivity contribution is 7.91. The van der Waals surface area contributed by atoms with Gasteiger partial charge in [0.15, 0.2) is 0 Å². The van der Waals surface area contributed by atoms with E-state index in [1.165, 1.54) is 19.3 Å². The molecule has 24 heavy (non-hydrogen) atoms. The highest BCUT2D eigenvalue weighted by Gasteiger charge is 2.15. The van der Waals surface area contributed by atoms with Crippen LogP contribution in [-0.4, -0.2) is 21.5 Å². The molecule has 1 aliphatic heterocycles. The average Bonchev–Trinajstić information content (AvgIpc) is 2.57. The molecule has 1 heterocycles. The van der Waals surface area contributed by atoms with Crippen molar-refractivity contribution in [2.75, 3.05) is 22.7 Å².